The molecule has 0 atom stereocenters. The van der Waals surface area contributed by atoms with Gasteiger partial charge in [0.25, 0.3) is 0 Å². The first-order chi connectivity index (χ1) is 27.0. The molecule has 0 radical (unpaired) electrons. The van der Waals surface area contributed by atoms with Gasteiger partial charge in [-0.15, -0.1) is 0 Å². The van der Waals surface area contributed by atoms with Crippen LogP contribution in [0.4, 0.5) is 0 Å². The molecule has 10 aromatic rings. The second-order valence-corrected chi connectivity index (χ2v) is 15.7. The van der Waals surface area contributed by atoms with Crippen molar-refractivity contribution in [3.8, 4) is 55.6 Å². The van der Waals surface area contributed by atoms with E-state index in [0.717, 1.165) is 0 Å². The van der Waals surface area contributed by atoms with E-state index in [1.807, 2.05) is 0 Å². The van der Waals surface area contributed by atoms with Crippen LogP contribution in [0.15, 0.2) is 194 Å². The van der Waals surface area contributed by atoms with E-state index >= 15 is 0 Å². The lowest BCUT2D eigenvalue weighted by molar-refractivity contribution is 0.660. The largest absolute Gasteiger partial charge is 0.0619 e. The van der Waals surface area contributed by atoms with Crippen molar-refractivity contribution in [3.05, 3.63) is 205 Å². The third kappa shape index (κ3) is 4.99. The predicted molar refractivity (Wildman–Crippen MR) is 236 cm³/mol. The molecule has 0 heteroatoms. The molecular formula is C55H38. The van der Waals surface area contributed by atoms with Crippen LogP contribution in [-0.4, -0.2) is 0 Å². The highest BCUT2D eigenvalue weighted by Crippen LogP contribution is 2.51. The van der Waals surface area contributed by atoms with Crippen molar-refractivity contribution >= 4 is 43.1 Å². The summed E-state index contributed by atoms with van der Waals surface area (Å²) in [5.74, 6) is 0. The summed E-state index contributed by atoms with van der Waals surface area (Å²) in [4.78, 5) is 0. The topological polar surface area (TPSA) is 0 Å². The predicted octanol–water partition coefficient (Wildman–Crippen LogP) is 15.3. The fourth-order valence-corrected chi connectivity index (χ4v) is 9.41. The highest BCUT2D eigenvalue weighted by molar-refractivity contribution is 6.22. The highest BCUT2D eigenvalue weighted by atomic mass is 14.4. The Balaban J connectivity index is 1.15. The molecule has 0 N–H and O–H groups in total. The summed E-state index contributed by atoms with van der Waals surface area (Å²) in [6.07, 6.45) is 0. The molecule has 0 nitrogen and oxygen atoms in total. The van der Waals surface area contributed by atoms with E-state index in [-0.39, 0.29) is 5.41 Å². The van der Waals surface area contributed by atoms with Gasteiger partial charge in [0.1, 0.15) is 0 Å². The Morgan fingerprint density at radius 1 is 0.273 bits per heavy atom. The lowest BCUT2D eigenvalue weighted by atomic mass is 9.80. The maximum absolute atomic E-state index is 2.48. The Bertz CT molecular complexity index is 3160. The van der Waals surface area contributed by atoms with Crippen molar-refractivity contribution < 1.29 is 0 Å². The van der Waals surface area contributed by atoms with Crippen LogP contribution in [0.2, 0.25) is 0 Å². The molecule has 10 aromatic carbocycles. The van der Waals surface area contributed by atoms with Crippen LogP contribution in [0.3, 0.4) is 0 Å². The summed E-state index contributed by atoms with van der Waals surface area (Å²) in [6.45, 7) is 4.75. The van der Waals surface area contributed by atoms with Gasteiger partial charge in [-0.25, -0.2) is 0 Å². The Hall–Kier alpha value is -6.76. The fourth-order valence-electron chi connectivity index (χ4n) is 9.41. The van der Waals surface area contributed by atoms with Gasteiger partial charge >= 0.3 is 0 Å². The molecule has 0 bridgehead atoms. The quantitative estimate of drug-likeness (QED) is 0.161. The van der Waals surface area contributed by atoms with Gasteiger partial charge in [-0.1, -0.05) is 184 Å². The molecule has 0 fully saturated rings. The molecule has 0 heterocycles. The number of benzene rings is 10. The summed E-state index contributed by atoms with van der Waals surface area (Å²) in [5.41, 5.74) is 15.4. The molecule has 0 unspecified atom stereocenters. The van der Waals surface area contributed by atoms with Crippen molar-refractivity contribution in [1.82, 2.24) is 0 Å². The van der Waals surface area contributed by atoms with Crippen LogP contribution in [0.25, 0.3) is 98.7 Å². The average molecular weight is 699 g/mol. The monoisotopic (exact) mass is 698 g/mol. The van der Waals surface area contributed by atoms with Gasteiger partial charge in [-0.2, -0.15) is 0 Å². The van der Waals surface area contributed by atoms with Gasteiger partial charge in [-0.3, -0.25) is 0 Å². The van der Waals surface area contributed by atoms with Gasteiger partial charge in [0.05, 0.1) is 0 Å². The van der Waals surface area contributed by atoms with Crippen LogP contribution in [-0.2, 0) is 5.41 Å². The normalized spacial score (nSPS) is 13.1. The minimum atomic E-state index is -0.0868. The van der Waals surface area contributed by atoms with E-state index in [2.05, 4.69) is 208 Å². The van der Waals surface area contributed by atoms with E-state index in [9.17, 15) is 0 Å². The maximum Gasteiger partial charge on any atom is 0.0159 e. The van der Waals surface area contributed by atoms with Gasteiger partial charge in [0.2, 0.25) is 0 Å². The minimum absolute atomic E-state index is 0.0868. The Labute approximate surface area is 322 Å². The molecule has 0 saturated carbocycles. The lowest BCUT2D eigenvalue weighted by Crippen LogP contribution is -2.14. The Morgan fingerprint density at radius 2 is 0.727 bits per heavy atom. The lowest BCUT2D eigenvalue weighted by Gasteiger charge is -2.23. The fraction of sp³-hybridized carbons (Fsp3) is 0.0545. The molecule has 1 aliphatic carbocycles. The first kappa shape index (κ1) is 31.7. The molecule has 55 heavy (non-hydrogen) atoms. The smallest absolute Gasteiger partial charge is 0.0159 e. The molecule has 1 aliphatic rings. The van der Waals surface area contributed by atoms with Gasteiger partial charge < -0.3 is 0 Å². The van der Waals surface area contributed by atoms with Gasteiger partial charge in [0, 0.05) is 5.41 Å². The van der Waals surface area contributed by atoms with E-state index < -0.39 is 0 Å². The van der Waals surface area contributed by atoms with Crippen molar-refractivity contribution in [2.24, 2.45) is 0 Å². The molecule has 0 amide bonds. The maximum atomic E-state index is 2.48. The van der Waals surface area contributed by atoms with E-state index in [1.165, 1.54) is 110 Å². The zero-order valence-corrected chi connectivity index (χ0v) is 31.0. The van der Waals surface area contributed by atoms with Crippen molar-refractivity contribution in [1.29, 1.82) is 0 Å². The second-order valence-electron chi connectivity index (χ2n) is 15.7. The summed E-state index contributed by atoms with van der Waals surface area (Å²) in [5, 5.41) is 10.1. The molecule has 0 saturated heterocycles. The summed E-state index contributed by atoms with van der Waals surface area (Å²) >= 11 is 0. The van der Waals surface area contributed by atoms with E-state index in [0.29, 0.717) is 0 Å². The third-order valence-electron chi connectivity index (χ3n) is 12.2. The summed E-state index contributed by atoms with van der Waals surface area (Å²) < 4.78 is 0. The van der Waals surface area contributed by atoms with Crippen LogP contribution in [0, 0.1) is 0 Å². The minimum Gasteiger partial charge on any atom is -0.0619 e. The summed E-state index contributed by atoms with van der Waals surface area (Å²) in [7, 11) is 0. The molecule has 0 spiro atoms. The van der Waals surface area contributed by atoms with Crippen LogP contribution < -0.4 is 0 Å². The first-order valence-electron chi connectivity index (χ1n) is 19.3. The summed E-state index contributed by atoms with van der Waals surface area (Å²) in [6, 6.07) is 72.4. The zero-order chi connectivity index (χ0) is 36.7. The molecule has 0 aromatic heterocycles. The molecule has 258 valence electrons. The van der Waals surface area contributed by atoms with E-state index in [4.69, 9.17) is 0 Å². The Kier molecular flexibility index (Phi) is 7.00. The van der Waals surface area contributed by atoms with Crippen molar-refractivity contribution in [2.75, 3.05) is 0 Å². The van der Waals surface area contributed by atoms with E-state index in [1.54, 1.807) is 0 Å². The molecule has 0 aliphatic heterocycles. The average Bonchev–Trinajstić information content (AvgIpc) is 3.47. The number of hydrogen-bond donors (Lipinski definition) is 0. The van der Waals surface area contributed by atoms with Crippen molar-refractivity contribution in [2.45, 2.75) is 19.3 Å². The molecular weight excluding hydrogens is 661 g/mol. The highest BCUT2D eigenvalue weighted by Gasteiger charge is 2.35. The van der Waals surface area contributed by atoms with Crippen LogP contribution >= 0.6 is 0 Å². The zero-order valence-electron chi connectivity index (χ0n) is 31.0. The van der Waals surface area contributed by atoms with Gasteiger partial charge in [0.15, 0.2) is 0 Å². The SMILES string of the molecule is CC1(C)c2ccccc2-c2ccc(-c3c4ccccc4c(-c4ccc(-c5ccc6ccccc6c5)cc4)c4ccc(-c5ccc6ccccc6c5)cc34)cc21. The third-order valence-corrected chi connectivity index (χ3v) is 12.2. The number of fused-ring (bicyclic) bond motifs is 7. The Morgan fingerprint density at radius 3 is 1.42 bits per heavy atom. The number of hydrogen-bond acceptors (Lipinski definition) is 0. The molecule has 11 rings (SSSR count). The van der Waals surface area contributed by atoms with Crippen molar-refractivity contribution in [3.63, 3.8) is 0 Å². The second kappa shape index (κ2) is 12.1. The van der Waals surface area contributed by atoms with Crippen LogP contribution in [0.5, 0.6) is 0 Å². The standard InChI is InChI=1S/C55H38/c1-55(2)51-18-10-9-15-45(51)46-29-28-44(34-52(46)55)54-48-17-8-7-16-47(48)53(38-23-19-37(20-24-38)41-25-21-35-11-3-5-13-39(35)31-41)49-30-27-43(33-50(49)54)42-26-22-36-12-4-6-14-40(36)32-42/h3-34H,1-2H3. The van der Waals surface area contributed by atoms with Gasteiger partial charge in [-0.05, 0) is 134 Å². The van der Waals surface area contributed by atoms with Crippen LogP contribution in [0.1, 0.15) is 25.0 Å². The first-order valence-corrected chi connectivity index (χ1v) is 19.3. The number of rotatable bonds is 4.